The van der Waals surface area contributed by atoms with Crippen molar-refractivity contribution in [2.24, 2.45) is 0 Å². The minimum absolute atomic E-state index is 0.0834. The van der Waals surface area contributed by atoms with Crippen LogP contribution in [-0.4, -0.2) is 17.5 Å². The van der Waals surface area contributed by atoms with Crippen molar-refractivity contribution >= 4 is 32.6 Å². The van der Waals surface area contributed by atoms with Crippen LogP contribution in [0.5, 0.6) is 5.75 Å². The molecule has 0 unspecified atom stereocenters. The Kier molecular flexibility index (Phi) is 5.66. The van der Waals surface area contributed by atoms with E-state index in [2.05, 4.69) is 36.3 Å². The number of nitrogens with one attached hydrogen (secondary N) is 1. The lowest BCUT2D eigenvalue weighted by Gasteiger charge is -2.06. The van der Waals surface area contributed by atoms with E-state index in [0.717, 1.165) is 28.8 Å². The lowest BCUT2D eigenvalue weighted by molar-refractivity contribution is -0.116. The number of hydrogen-bond donors (Lipinski definition) is 1. The lowest BCUT2D eigenvalue weighted by Crippen LogP contribution is -2.15. The zero-order valence-electron chi connectivity index (χ0n) is 14.5. The molecule has 5 heteroatoms. The fourth-order valence-electron chi connectivity index (χ4n) is 2.51. The molecule has 0 saturated heterocycles. The van der Waals surface area contributed by atoms with E-state index in [0.29, 0.717) is 18.2 Å². The van der Waals surface area contributed by atoms with E-state index in [1.807, 2.05) is 30.3 Å². The number of rotatable bonds is 7. The first-order valence-electron chi connectivity index (χ1n) is 8.59. The number of benzene rings is 2. The summed E-state index contributed by atoms with van der Waals surface area (Å²) >= 11 is 1.51. The smallest absolute Gasteiger partial charge is 0.229 e. The van der Waals surface area contributed by atoms with Gasteiger partial charge in [-0.25, -0.2) is 4.98 Å². The van der Waals surface area contributed by atoms with Gasteiger partial charge in [-0.05, 0) is 48.2 Å². The van der Waals surface area contributed by atoms with Gasteiger partial charge in [-0.3, -0.25) is 4.79 Å². The first kappa shape index (κ1) is 17.4. The zero-order valence-corrected chi connectivity index (χ0v) is 15.4. The standard InChI is InChI=1S/C20H22N2O2S/c1-3-14-5-8-16(9-6-14)24-12-11-19(23)22-20-21-17-10-7-15(4-2)13-18(17)25-20/h5-10,13H,3-4,11-12H2,1-2H3,(H,21,22,23). The Labute approximate surface area is 151 Å². The number of carbonyl (C=O) groups excluding carboxylic acids is 1. The summed E-state index contributed by atoms with van der Waals surface area (Å²) in [5.74, 6) is 0.706. The van der Waals surface area contributed by atoms with Gasteiger partial charge in [-0.1, -0.05) is 43.4 Å². The summed E-state index contributed by atoms with van der Waals surface area (Å²) in [7, 11) is 0. The summed E-state index contributed by atoms with van der Waals surface area (Å²) in [6.45, 7) is 4.59. The molecule has 1 heterocycles. The van der Waals surface area contributed by atoms with Gasteiger partial charge >= 0.3 is 0 Å². The van der Waals surface area contributed by atoms with Crippen LogP contribution >= 0.6 is 11.3 Å². The van der Waals surface area contributed by atoms with Crippen molar-refractivity contribution in [3.05, 3.63) is 53.6 Å². The van der Waals surface area contributed by atoms with Gasteiger partial charge in [0.1, 0.15) is 5.75 Å². The molecule has 1 amide bonds. The van der Waals surface area contributed by atoms with Crippen molar-refractivity contribution in [1.29, 1.82) is 0 Å². The maximum absolute atomic E-state index is 12.1. The van der Waals surface area contributed by atoms with E-state index in [-0.39, 0.29) is 5.91 Å². The van der Waals surface area contributed by atoms with Crippen LogP contribution in [0.25, 0.3) is 10.2 Å². The molecule has 0 saturated carbocycles. The Bertz CT molecular complexity index is 856. The van der Waals surface area contributed by atoms with E-state index in [1.165, 1.54) is 22.5 Å². The fourth-order valence-corrected chi connectivity index (χ4v) is 3.45. The number of thiazole rings is 1. The van der Waals surface area contributed by atoms with Gasteiger partial charge in [0, 0.05) is 0 Å². The second-order valence-electron chi connectivity index (χ2n) is 5.82. The van der Waals surface area contributed by atoms with Crippen LogP contribution in [0.15, 0.2) is 42.5 Å². The third kappa shape index (κ3) is 4.57. The molecule has 0 spiro atoms. The Hall–Kier alpha value is -2.40. The van der Waals surface area contributed by atoms with Crippen molar-refractivity contribution < 1.29 is 9.53 Å². The highest BCUT2D eigenvalue weighted by atomic mass is 32.1. The highest BCUT2D eigenvalue weighted by Gasteiger charge is 2.08. The summed E-state index contributed by atoms with van der Waals surface area (Å²) < 4.78 is 6.72. The third-order valence-corrected chi connectivity index (χ3v) is 4.97. The predicted octanol–water partition coefficient (Wildman–Crippen LogP) is 4.83. The van der Waals surface area contributed by atoms with Gasteiger partial charge in [0.15, 0.2) is 5.13 Å². The van der Waals surface area contributed by atoms with Gasteiger partial charge in [0.05, 0.1) is 23.2 Å². The molecule has 25 heavy (non-hydrogen) atoms. The molecular weight excluding hydrogens is 332 g/mol. The maximum atomic E-state index is 12.1. The fraction of sp³-hybridized carbons (Fsp3) is 0.300. The van der Waals surface area contributed by atoms with E-state index in [9.17, 15) is 4.79 Å². The molecule has 3 aromatic rings. The maximum Gasteiger partial charge on any atom is 0.229 e. The number of aromatic nitrogens is 1. The van der Waals surface area contributed by atoms with Crippen LogP contribution in [0, 0.1) is 0 Å². The number of ether oxygens (including phenoxy) is 1. The van der Waals surface area contributed by atoms with Gasteiger partial charge in [0.2, 0.25) is 5.91 Å². The molecule has 0 aliphatic carbocycles. The second kappa shape index (κ2) is 8.12. The molecule has 0 aliphatic rings. The first-order chi connectivity index (χ1) is 12.2. The molecular formula is C20H22N2O2S. The number of fused-ring (bicyclic) bond motifs is 1. The molecule has 4 nitrogen and oxygen atoms in total. The van der Waals surface area contributed by atoms with Gasteiger partial charge in [0.25, 0.3) is 0 Å². The molecule has 0 radical (unpaired) electrons. The summed E-state index contributed by atoms with van der Waals surface area (Å²) in [6, 6.07) is 14.2. The molecule has 0 atom stereocenters. The molecule has 0 fully saturated rings. The van der Waals surface area contributed by atoms with Crippen molar-refractivity contribution in [2.75, 3.05) is 11.9 Å². The average molecular weight is 354 g/mol. The van der Waals surface area contributed by atoms with E-state index < -0.39 is 0 Å². The van der Waals surface area contributed by atoms with Crippen molar-refractivity contribution in [2.45, 2.75) is 33.1 Å². The number of hydrogen-bond acceptors (Lipinski definition) is 4. The monoisotopic (exact) mass is 354 g/mol. The van der Waals surface area contributed by atoms with Crippen molar-refractivity contribution in [3.8, 4) is 5.75 Å². The zero-order chi connectivity index (χ0) is 17.6. The number of aryl methyl sites for hydroxylation is 2. The number of amides is 1. The lowest BCUT2D eigenvalue weighted by atomic mass is 10.2. The SMILES string of the molecule is CCc1ccc(OCCC(=O)Nc2nc3ccc(CC)cc3s2)cc1. The average Bonchev–Trinajstić information content (AvgIpc) is 3.03. The third-order valence-electron chi connectivity index (χ3n) is 4.04. The van der Waals surface area contributed by atoms with E-state index in [4.69, 9.17) is 4.74 Å². The molecule has 1 aromatic heterocycles. The predicted molar refractivity (Wildman–Crippen MR) is 104 cm³/mol. The first-order valence-corrected chi connectivity index (χ1v) is 9.40. The Morgan fingerprint density at radius 1 is 1.08 bits per heavy atom. The Morgan fingerprint density at radius 3 is 2.52 bits per heavy atom. The van der Waals surface area contributed by atoms with E-state index >= 15 is 0 Å². The summed E-state index contributed by atoms with van der Waals surface area (Å²) in [4.78, 5) is 16.5. The van der Waals surface area contributed by atoms with Crippen molar-refractivity contribution in [1.82, 2.24) is 4.98 Å². The van der Waals surface area contributed by atoms with Crippen LogP contribution in [0.1, 0.15) is 31.4 Å². The molecule has 1 N–H and O–H groups in total. The molecule has 0 bridgehead atoms. The highest BCUT2D eigenvalue weighted by molar-refractivity contribution is 7.22. The summed E-state index contributed by atoms with van der Waals surface area (Å²) in [5, 5.41) is 3.50. The largest absolute Gasteiger partial charge is 0.493 e. The molecule has 3 rings (SSSR count). The second-order valence-corrected chi connectivity index (χ2v) is 6.85. The van der Waals surface area contributed by atoms with Gasteiger partial charge < -0.3 is 10.1 Å². The van der Waals surface area contributed by atoms with Crippen LogP contribution in [0.4, 0.5) is 5.13 Å². The van der Waals surface area contributed by atoms with E-state index in [1.54, 1.807) is 0 Å². The number of nitrogens with zero attached hydrogens (tertiary/aromatic N) is 1. The number of anilines is 1. The Balaban J connectivity index is 1.51. The van der Waals surface area contributed by atoms with Crippen LogP contribution in [-0.2, 0) is 17.6 Å². The summed E-state index contributed by atoms with van der Waals surface area (Å²) in [6.07, 6.45) is 2.29. The number of carbonyl (C=O) groups is 1. The quantitative estimate of drug-likeness (QED) is 0.661. The molecule has 0 aliphatic heterocycles. The normalized spacial score (nSPS) is 10.8. The minimum Gasteiger partial charge on any atom is -0.493 e. The summed E-state index contributed by atoms with van der Waals surface area (Å²) in [5.41, 5.74) is 3.47. The van der Waals surface area contributed by atoms with Crippen LogP contribution in [0.2, 0.25) is 0 Å². The minimum atomic E-state index is -0.0834. The molecule has 130 valence electrons. The van der Waals surface area contributed by atoms with Crippen molar-refractivity contribution in [3.63, 3.8) is 0 Å². The topological polar surface area (TPSA) is 51.2 Å². The van der Waals surface area contributed by atoms with Gasteiger partial charge in [-0.2, -0.15) is 0 Å². The molecule has 2 aromatic carbocycles. The Morgan fingerprint density at radius 2 is 1.80 bits per heavy atom. The van der Waals surface area contributed by atoms with Crippen LogP contribution in [0.3, 0.4) is 0 Å². The van der Waals surface area contributed by atoms with Gasteiger partial charge in [-0.15, -0.1) is 0 Å². The highest BCUT2D eigenvalue weighted by Crippen LogP contribution is 2.27. The van der Waals surface area contributed by atoms with Crippen LogP contribution < -0.4 is 10.1 Å².